The Morgan fingerprint density at radius 3 is 2.61 bits per heavy atom. The van der Waals surface area contributed by atoms with Crippen molar-refractivity contribution in [2.45, 2.75) is 44.8 Å². The third-order valence-electron chi connectivity index (χ3n) is 4.39. The maximum absolute atomic E-state index is 12.5. The average Bonchev–Trinajstić information content (AvgIpc) is 2.74. The topological polar surface area (TPSA) is 84.3 Å². The lowest BCUT2D eigenvalue weighted by Gasteiger charge is -2.22. The smallest absolute Gasteiger partial charge is 0.321 e. The van der Waals surface area contributed by atoms with E-state index in [1.54, 1.807) is 29.6 Å². The van der Waals surface area contributed by atoms with Crippen LogP contribution in [0, 0.1) is 0 Å². The molecule has 1 N–H and O–H groups in total. The highest BCUT2D eigenvalue weighted by molar-refractivity contribution is 7.92. The maximum Gasteiger partial charge on any atom is 0.321 e. The molecule has 1 aromatic heterocycles. The van der Waals surface area contributed by atoms with Gasteiger partial charge in [-0.3, -0.25) is 4.68 Å². The van der Waals surface area contributed by atoms with Crippen molar-refractivity contribution >= 4 is 21.6 Å². The Morgan fingerprint density at radius 2 is 2.00 bits per heavy atom. The van der Waals surface area contributed by atoms with E-state index >= 15 is 0 Å². The summed E-state index contributed by atoms with van der Waals surface area (Å²) in [5, 5.41) is 7.23. The molecule has 1 aromatic rings. The van der Waals surface area contributed by atoms with E-state index in [-0.39, 0.29) is 24.2 Å². The van der Waals surface area contributed by atoms with Gasteiger partial charge in [-0.2, -0.15) is 5.10 Å². The molecule has 0 aliphatic carbocycles. The Bertz CT molecular complexity index is 692. The largest absolute Gasteiger partial charge is 0.323 e. The fraction of sp³-hybridized carbons (Fsp3) is 0.733. The number of anilines is 1. The van der Waals surface area contributed by atoms with Crippen molar-refractivity contribution in [1.82, 2.24) is 14.7 Å². The summed E-state index contributed by atoms with van der Waals surface area (Å²) in [7, 11) is -1.38. The Balaban J connectivity index is 2.13. The highest BCUT2D eigenvalue weighted by atomic mass is 32.2. The van der Waals surface area contributed by atoms with Gasteiger partial charge in [0.15, 0.2) is 9.84 Å². The molecule has 2 heterocycles. The van der Waals surface area contributed by atoms with Gasteiger partial charge in [0.05, 0.1) is 21.9 Å². The molecule has 7 nitrogen and oxygen atoms in total. The van der Waals surface area contributed by atoms with Gasteiger partial charge >= 0.3 is 6.03 Å². The summed E-state index contributed by atoms with van der Waals surface area (Å²) >= 11 is 0. The van der Waals surface area contributed by atoms with Crippen LogP contribution < -0.4 is 5.32 Å². The molecule has 0 saturated carbocycles. The van der Waals surface area contributed by atoms with Crippen molar-refractivity contribution in [2.75, 3.05) is 24.2 Å². The number of urea groups is 1. The molecule has 8 heteroatoms. The van der Waals surface area contributed by atoms with E-state index in [1.807, 2.05) is 20.9 Å². The number of sulfone groups is 1. The van der Waals surface area contributed by atoms with Crippen LogP contribution in [0.2, 0.25) is 0 Å². The summed E-state index contributed by atoms with van der Waals surface area (Å²) in [5.74, 6) is 0.187. The molecule has 130 valence electrons. The lowest BCUT2D eigenvalue weighted by Crippen LogP contribution is -2.37. The molecule has 0 atom stereocenters. The number of nitrogens with one attached hydrogen (secondary N) is 1. The quantitative estimate of drug-likeness (QED) is 0.890. The predicted octanol–water partition coefficient (Wildman–Crippen LogP) is 1.97. The van der Waals surface area contributed by atoms with Gasteiger partial charge in [-0.15, -0.1) is 0 Å². The highest BCUT2D eigenvalue weighted by Crippen LogP contribution is 2.26. The van der Waals surface area contributed by atoms with Crippen LogP contribution in [0.25, 0.3) is 0 Å². The maximum atomic E-state index is 12.5. The second kappa shape index (κ2) is 6.14. The molecular weight excluding hydrogens is 316 g/mol. The monoisotopic (exact) mass is 342 g/mol. The average molecular weight is 342 g/mol. The van der Waals surface area contributed by atoms with Gasteiger partial charge in [-0.1, -0.05) is 13.8 Å². The van der Waals surface area contributed by atoms with Crippen LogP contribution in [0.1, 0.15) is 45.7 Å². The number of aromatic nitrogens is 2. The fourth-order valence-electron chi connectivity index (χ4n) is 2.60. The number of carbonyl (C=O) groups excluding carboxylic acids is 1. The van der Waals surface area contributed by atoms with Crippen LogP contribution in [0.3, 0.4) is 0 Å². The Hall–Kier alpha value is -1.57. The minimum Gasteiger partial charge on any atom is -0.323 e. The first-order valence-corrected chi connectivity index (χ1v) is 9.50. The third-order valence-corrected chi connectivity index (χ3v) is 7.00. The molecule has 0 radical (unpaired) electrons. The molecule has 1 fully saturated rings. The number of carbonyl (C=O) groups is 1. The number of hydrogen-bond donors (Lipinski definition) is 1. The molecule has 1 saturated heterocycles. The summed E-state index contributed by atoms with van der Waals surface area (Å²) in [4.78, 5) is 14.1. The van der Waals surface area contributed by atoms with Crippen LogP contribution in [0.5, 0.6) is 0 Å². The van der Waals surface area contributed by atoms with Gasteiger partial charge in [0.1, 0.15) is 0 Å². The van der Waals surface area contributed by atoms with Gasteiger partial charge in [0, 0.05) is 26.3 Å². The third kappa shape index (κ3) is 3.68. The Morgan fingerprint density at radius 1 is 1.35 bits per heavy atom. The first-order chi connectivity index (χ1) is 10.5. The summed E-state index contributed by atoms with van der Waals surface area (Å²) in [5.41, 5.74) is 1.50. The standard InChI is InChI=1S/C15H26N4O3S/c1-11(2)13-12(10-18(5)17-13)16-14(20)19-7-6-15(3,4)23(21,22)9-8-19/h10-11H,6-9H2,1-5H3,(H,16,20). The number of nitrogens with zero attached hydrogens (tertiary/aromatic N) is 3. The Kier molecular flexibility index (Phi) is 4.75. The van der Waals surface area contributed by atoms with Gasteiger partial charge in [0.2, 0.25) is 0 Å². The zero-order valence-electron chi connectivity index (χ0n) is 14.5. The molecular formula is C15H26N4O3S. The number of amides is 2. The molecule has 0 unspecified atom stereocenters. The molecule has 0 bridgehead atoms. The highest BCUT2D eigenvalue weighted by Gasteiger charge is 2.38. The van der Waals surface area contributed by atoms with Crippen LogP contribution in [0.4, 0.5) is 10.5 Å². The van der Waals surface area contributed by atoms with Crippen molar-refractivity contribution in [1.29, 1.82) is 0 Å². The van der Waals surface area contributed by atoms with Gasteiger partial charge in [-0.25, -0.2) is 13.2 Å². The van der Waals surface area contributed by atoms with Crippen molar-refractivity contribution in [3.63, 3.8) is 0 Å². The number of hydrogen-bond acceptors (Lipinski definition) is 4. The summed E-state index contributed by atoms with van der Waals surface area (Å²) in [6.45, 7) is 8.12. The van der Waals surface area contributed by atoms with Crippen molar-refractivity contribution in [3.05, 3.63) is 11.9 Å². The second-order valence-electron chi connectivity index (χ2n) is 7.00. The van der Waals surface area contributed by atoms with Crippen molar-refractivity contribution in [3.8, 4) is 0 Å². The van der Waals surface area contributed by atoms with Crippen LogP contribution >= 0.6 is 0 Å². The molecule has 1 aliphatic rings. The first-order valence-electron chi connectivity index (χ1n) is 7.85. The van der Waals surface area contributed by atoms with Crippen LogP contribution in [-0.2, 0) is 16.9 Å². The molecule has 23 heavy (non-hydrogen) atoms. The fourth-order valence-corrected chi connectivity index (χ4v) is 4.02. The van der Waals surface area contributed by atoms with E-state index in [9.17, 15) is 13.2 Å². The van der Waals surface area contributed by atoms with E-state index in [2.05, 4.69) is 10.4 Å². The van der Waals surface area contributed by atoms with E-state index < -0.39 is 14.6 Å². The van der Waals surface area contributed by atoms with E-state index in [4.69, 9.17) is 0 Å². The summed E-state index contributed by atoms with van der Waals surface area (Å²) < 4.78 is 25.3. The zero-order valence-corrected chi connectivity index (χ0v) is 15.3. The number of rotatable bonds is 2. The molecule has 0 spiro atoms. The van der Waals surface area contributed by atoms with E-state index in [0.29, 0.717) is 18.7 Å². The molecule has 2 rings (SSSR count). The van der Waals surface area contributed by atoms with Gasteiger partial charge < -0.3 is 10.2 Å². The van der Waals surface area contributed by atoms with Crippen molar-refractivity contribution in [2.24, 2.45) is 7.05 Å². The lowest BCUT2D eigenvalue weighted by molar-refractivity contribution is 0.214. The minimum atomic E-state index is -3.19. The summed E-state index contributed by atoms with van der Waals surface area (Å²) in [6, 6.07) is -0.271. The zero-order chi connectivity index (χ0) is 17.4. The minimum absolute atomic E-state index is 0.00248. The number of aryl methyl sites for hydroxylation is 1. The first kappa shape index (κ1) is 17.8. The van der Waals surface area contributed by atoms with E-state index in [1.165, 1.54) is 0 Å². The Labute approximate surface area is 138 Å². The van der Waals surface area contributed by atoms with Gasteiger partial charge in [-0.05, 0) is 26.2 Å². The van der Waals surface area contributed by atoms with Gasteiger partial charge in [0.25, 0.3) is 0 Å². The normalized spacial score (nSPS) is 20.3. The summed E-state index contributed by atoms with van der Waals surface area (Å²) in [6.07, 6.45) is 2.21. The molecule has 1 aliphatic heterocycles. The van der Waals surface area contributed by atoms with Crippen molar-refractivity contribution < 1.29 is 13.2 Å². The second-order valence-corrected chi connectivity index (χ2v) is 9.75. The SMILES string of the molecule is CC(C)c1nn(C)cc1NC(=O)N1CCC(C)(C)S(=O)(=O)CC1. The molecule has 2 amide bonds. The van der Waals surface area contributed by atoms with Crippen LogP contribution in [-0.4, -0.2) is 52.7 Å². The van der Waals surface area contributed by atoms with E-state index in [0.717, 1.165) is 5.69 Å². The molecule has 0 aromatic carbocycles. The predicted molar refractivity (Wildman–Crippen MR) is 90.4 cm³/mol. The van der Waals surface area contributed by atoms with Crippen LogP contribution in [0.15, 0.2) is 6.20 Å². The lowest BCUT2D eigenvalue weighted by atomic mass is 10.1.